The molecule has 1 rings (SSSR count). The third kappa shape index (κ3) is 2.85. The molecule has 0 aromatic carbocycles. The second-order valence-electron chi connectivity index (χ2n) is 3.74. The highest BCUT2D eigenvalue weighted by Crippen LogP contribution is 2.28. The van der Waals surface area contributed by atoms with E-state index >= 15 is 0 Å². The van der Waals surface area contributed by atoms with Gasteiger partial charge in [0.05, 0.1) is 7.11 Å². The highest BCUT2D eigenvalue weighted by molar-refractivity contribution is 9.10. The quantitative estimate of drug-likeness (QED) is 0.904. The summed E-state index contributed by atoms with van der Waals surface area (Å²) in [4.78, 5) is 22.4. The minimum Gasteiger partial charge on any atom is -0.493 e. The van der Waals surface area contributed by atoms with Gasteiger partial charge in [0.2, 0.25) is 0 Å². The molecule has 94 valence electrons. The average Bonchev–Trinajstić information content (AvgIpc) is 2.23. The fourth-order valence-corrected chi connectivity index (χ4v) is 1.92. The molecule has 0 spiro atoms. The van der Waals surface area contributed by atoms with Gasteiger partial charge in [-0.2, -0.15) is 5.10 Å². The van der Waals surface area contributed by atoms with E-state index in [0.29, 0.717) is 11.4 Å². The predicted molar refractivity (Wildman–Crippen MR) is 64.5 cm³/mol. The topological polar surface area (TPSA) is 81.4 Å². The molecular formula is C10H13BrN2O4. The zero-order chi connectivity index (χ0) is 13.2. The molecule has 0 aliphatic heterocycles. The normalized spacial score (nSPS) is 10.6. The highest BCUT2D eigenvalue weighted by Gasteiger charge is 2.19. The minimum absolute atomic E-state index is 0.0156. The van der Waals surface area contributed by atoms with Crippen LogP contribution in [-0.4, -0.2) is 28.0 Å². The number of carboxylic acids is 1. The van der Waals surface area contributed by atoms with Crippen LogP contribution in [-0.2, 0) is 11.3 Å². The number of hydrogen-bond donors (Lipinski definition) is 1. The molecule has 0 radical (unpaired) electrons. The smallest absolute Gasteiger partial charge is 0.325 e. The van der Waals surface area contributed by atoms with E-state index in [9.17, 15) is 9.59 Å². The van der Waals surface area contributed by atoms with E-state index in [4.69, 9.17) is 9.84 Å². The van der Waals surface area contributed by atoms with E-state index < -0.39 is 18.1 Å². The van der Waals surface area contributed by atoms with Crippen molar-refractivity contribution in [3.05, 3.63) is 20.5 Å². The Hall–Kier alpha value is -1.37. The largest absolute Gasteiger partial charge is 0.493 e. The Morgan fingerprint density at radius 1 is 1.59 bits per heavy atom. The Bertz CT molecular complexity index is 496. The van der Waals surface area contributed by atoms with Gasteiger partial charge in [-0.25, -0.2) is 4.68 Å². The molecule has 0 saturated carbocycles. The lowest BCUT2D eigenvalue weighted by Gasteiger charge is -2.14. The number of aromatic nitrogens is 2. The lowest BCUT2D eigenvalue weighted by molar-refractivity contribution is -0.138. The first-order chi connectivity index (χ1) is 7.88. The fourth-order valence-electron chi connectivity index (χ4n) is 1.35. The van der Waals surface area contributed by atoms with Crippen LogP contribution >= 0.6 is 15.9 Å². The van der Waals surface area contributed by atoms with Crippen molar-refractivity contribution in [2.45, 2.75) is 26.3 Å². The van der Waals surface area contributed by atoms with Crippen LogP contribution in [0.1, 0.15) is 25.5 Å². The zero-order valence-corrected chi connectivity index (χ0v) is 11.3. The maximum atomic E-state index is 11.8. The molecule has 1 aromatic heterocycles. The Morgan fingerprint density at radius 3 is 2.59 bits per heavy atom. The highest BCUT2D eigenvalue weighted by atomic mass is 79.9. The van der Waals surface area contributed by atoms with Gasteiger partial charge in [0, 0.05) is 5.92 Å². The Morgan fingerprint density at radius 2 is 2.18 bits per heavy atom. The van der Waals surface area contributed by atoms with Crippen molar-refractivity contribution < 1.29 is 14.6 Å². The van der Waals surface area contributed by atoms with Crippen LogP contribution in [0.25, 0.3) is 0 Å². The van der Waals surface area contributed by atoms with Gasteiger partial charge < -0.3 is 9.84 Å². The molecular weight excluding hydrogens is 292 g/mol. The monoisotopic (exact) mass is 304 g/mol. The third-order valence-corrected chi connectivity index (χ3v) is 2.82. The molecule has 0 atom stereocenters. The molecule has 0 aliphatic carbocycles. The van der Waals surface area contributed by atoms with Gasteiger partial charge in [0.15, 0.2) is 5.75 Å². The maximum Gasteiger partial charge on any atom is 0.325 e. The van der Waals surface area contributed by atoms with E-state index in [2.05, 4.69) is 21.0 Å². The van der Waals surface area contributed by atoms with Crippen LogP contribution in [0.4, 0.5) is 0 Å². The Kier molecular flexibility index (Phi) is 4.28. The van der Waals surface area contributed by atoms with Gasteiger partial charge in [-0.1, -0.05) is 13.8 Å². The summed E-state index contributed by atoms with van der Waals surface area (Å²) in [6.45, 7) is 3.29. The summed E-state index contributed by atoms with van der Waals surface area (Å²) < 4.78 is 6.21. The average molecular weight is 305 g/mol. The number of carboxylic acid groups (broad SMARTS) is 1. The van der Waals surface area contributed by atoms with E-state index in [0.717, 1.165) is 4.68 Å². The molecule has 0 unspecified atom stereocenters. The summed E-state index contributed by atoms with van der Waals surface area (Å²) in [5.41, 5.74) is 0.0221. The molecule has 7 heteroatoms. The van der Waals surface area contributed by atoms with Crippen molar-refractivity contribution >= 4 is 21.9 Å². The summed E-state index contributed by atoms with van der Waals surface area (Å²) in [6.07, 6.45) is 0. The molecule has 6 nitrogen and oxygen atoms in total. The summed E-state index contributed by atoms with van der Waals surface area (Å²) >= 11 is 3.11. The summed E-state index contributed by atoms with van der Waals surface area (Å²) in [5.74, 6) is -0.750. The van der Waals surface area contributed by atoms with E-state index in [1.807, 2.05) is 13.8 Å². The number of hydrogen-bond acceptors (Lipinski definition) is 4. The van der Waals surface area contributed by atoms with Crippen molar-refractivity contribution in [1.29, 1.82) is 0 Å². The van der Waals surface area contributed by atoms with Crippen molar-refractivity contribution in [2.75, 3.05) is 7.11 Å². The van der Waals surface area contributed by atoms with Gasteiger partial charge in [-0.3, -0.25) is 9.59 Å². The molecule has 0 amide bonds. The number of aliphatic carboxylic acids is 1. The van der Waals surface area contributed by atoms with Crippen LogP contribution in [0.3, 0.4) is 0 Å². The van der Waals surface area contributed by atoms with Gasteiger partial charge in [-0.15, -0.1) is 0 Å². The van der Waals surface area contributed by atoms with Crippen molar-refractivity contribution in [1.82, 2.24) is 9.78 Å². The predicted octanol–water partition coefficient (Wildman–Crippen LogP) is 1.22. The molecule has 0 bridgehead atoms. The molecule has 0 aliphatic rings. The summed E-state index contributed by atoms with van der Waals surface area (Å²) in [5, 5.41) is 12.7. The standard InChI is InChI=1S/C10H13BrN2O4/c1-5(2)8-9(17-3)7(11)10(16)13(12-8)4-6(14)15/h5H,4H2,1-3H3,(H,14,15). The number of rotatable bonds is 4. The van der Waals surface area contributed by atoms with E-state index in [1.54, 1.807) is 0 Å². The minimum atomic E-state index is -1.12. The molecule has 0 saturated heterocycles. The first-order valence-electron chi connectivity index (χ1n) is 4.94. The van der Waals surface area contributed by atoms with Crippen LogP contribution < -0.4 is 10.3 Å². The third-order valence-electron chi connectivity index (χ3n) is 2.12. The SMILES string of the molecule is COc1c(C(C)C)nn(CC(=O)O)c(=O)c1Br. The van der Waals surface area contributed by atoms with Gasteiger partial charge >= 0.3 is 5.97 Å². The van der Waals surface area contributed by atoms with Crippen molar-refractivity contribution in [3.63, 3.8) is 0 Å². The van der Waals surface area contributed by atoms with Gasteiger partial charge in [0.25, 0.3) is 5.56 Å². The summed E-state index contributed by atoms with van der Waals surface area (Å²) in [6, 6.07) is 0. The van der Waals surface area contributed by atoms with E-state index in [-0.39, 0.29) is 10.4 Å². The number of nitrogens with zero attached hydrogens (tertiary/aromatic N) is 2. The zero-order valence-electron chi connectivity index (χ0n) is 9.73. The lowest BCUT2D eigenvalue weighted by atomic mass is 10.1. The van der Waals surface area contributed by atoms with Crippen LogP contribution in [0, 0.1) is 0 Å². The van der Waals surface area contributed by atoms with Crippen LogP contribution in [0.15, 0.2) is 9.27 Å². The van der Waals surface area contributed by atoms with Crippen LogP contribution in [0.5, 0.6) is 5.75 Å². The second-order valence-corrected chi connectivity index (χ2v) is 4.54. The number of ether oxygens (including phenoxy) is 1. The Labute approximate surface area is 106 Å². The van der Waals surface area contributed by atoms with Crippen molar-refractivity contribution in [2.24, 2.45) is 0 Å². The van der Waals surface area contributed by atoms with Gasteiger partial charge in [0.1, 0.15) is 16.7 Å². The van der Waals surface area contributed by atoms with Crippen molar-refractivity contribution in [3.8, 4) is 5.75 Å². The Balaban J connectivity index is 3.46. The number of carbonyl (C=O) groups is 1. The first-order valence-corrected chi connectivity index (χ1v) is 5.74. The summed E-state index contributed by atoms with van der Waals surface area (Å²) in [7, 11) is 1.44. The molecule has 1 N–H and O–H groups in total. The maximum absolute atomic E-state index is 11.8. The molecule has 1 heterocycles. The number of methoxy groups -OCH3 is 1. The van der Waals surface area contributed by atoms with Gasteiger partial charge in [-0.05, 0) is 15.9 Å². The second kappa shape index (κ2) is 5.31. The fraction of sp³-hybridized carbons (Fsp3) is 0.500. The van der Waals surface area contributed by atoms with Crippen LogP contribution in [0.2, 0.25) is 0 Å². The molecule has 17 heavy (non-hydrogen) atoms. The molecule has 0 fully saturated rings. The first kappa shape index (κ1) is 13.7. The van der Waals surface area contributed by atoms with E-state index in [1.165, 1.54) is 7.11 Å². The molecule has 1 aromatic rings. The number of halogens is 1. The lowest BCUT2D eigenvalue weighted by Crippen LogP contribution is -2.29.